The molecule has 0 aromatic rings. The van der Waals surface area contributed by atoms with Crippen molar-refractivity contribution in [3.8, 4) is 0 Å². The maximum absolute atomic E-state index is 12.3. The summed E-state index contributed by atoms with van der Waals surface area (Å²) in [5, 5.41) is 14.1. The topological polar surface area (TPSA) is 78.4 Å². The number of hydrogen-bond donors (Lipinski definition) is 3. The molecule has 0 unspecified atom stereocenters. The van der Waals surface area contributed by atoms with Crippen LogP contribution in [0.4, 0.5) is 18.0 Å². The molecule has 2 fully saturated rings. The number of rotatable bonds is 3. The van der Waals surface area contributed by atoms with E-state index in [1.165, 1.54) is 0 Å². The van der Waals surface area contributed by atoms with Crippen molar-refractivity contribution in [1.29, 1.82) is 0 Å². The Bertz CT molecular complexity index is 400. The zero-order chi connectivity index (χ0) is 15.6. The molecular weight excluding hydrogens is 289 g/mol. The Hall–Kier alpha value is -1.47. The average Bonchev–Trinajstić information content (AvgIpc) is 2.32. The van der Waals surface area contributed by atoms with E-state index in [1.54, 1.807) is 0 Å². The third-order valence-corrected chi connectivity index (χ3v) is 4.35. The highest BCUT2D eigenvalue weighted by Crippen LogP contribution is 2.40. The maximum Gasteiger partial charge on any atom is 0.391 e. The van der Waals surface area contributed by atoms with Crippen LogP contribution in [0.25, 0.3) is 0 Å². The van der Waals surface area contributed by atoms with E-state index in [-0.39, 0.29) is 24.8 Å². The lowest BCUT2D eigenvalue weighted by Gasteiger charge is -2.37. The van der Waals surface area contributed by atoms with E-state index in [1.807, 2.05) is 0 Å². The number of halogens is 3. The van der Waals surface area contributed by atoms with Crippen LogP contribution in [-0.2, 0) is 4.79 Å². The van der Waals surface area contributed by atoms with Crippen molar-refractivity contribution in [2.45, 2.75) is 56.8 Å². The van der Waals surface area contributed by atoms with Gasteiger partial charge in [-0.15, -0.1) is 0 Å². The zero-order valence-corrected chi connectivity index (χ0v) is 11.4. The van der Waals surface area contributed by atoms with E-state index in [4.69, 9.17) is 5.11 Å². The number of carboxylic acid groups (broad SMARTS) is 1. The molecule has 0 spiro atoms. The van der Waals surface area contributed by atoms with E-state index < -0.39 is 30.1 Å². The summed E-state index contributed by atoms with van der Waals surface area (Å²) in [6, 6.07) is -0.981. The van der Waals surface area contributed by atoms with Crippen molar-refractivity contribution in [3.05, 3.63) is 0 Å². The van der Waals surface area contributed by atoms with Gasteiger partial charge in [-0.3, -0.25) is 4.79 Å². The van der Waals surface area contributed by atoms with Gasteiger partial charge in [0.2, 0.25) is 0 Å². The molecule has 8 heteroatoms. The Labute approximate surface area is 120 Å². The smallest absolute Gasteiger partial charge is 0.391 e. The predicted octanol–water partition coefficient (Wildman–Crippen LogP) is 2.27. The molecule has 3 N–H and O–H groups in total. The molecule has 0 saturated heterocycles. The van der Waals surface area contributed by atoms with Gasteiger partial charge in [0, 0.05) is 12.1 Å². The molecule has 21 heavy (non-hydrogen) atoms. The van der Waals surface area contributed by atoms with Gasteiger partial charge < -0.3 is 15.7 Å². The fourth-order valence-electron chi connectivity index (χ4n) is 2.90. The summed E-state index contributed by atoms with van der Waals surface area (Å²) in [6.45, 7) is 0. The molecular formula is C13H19F3N2O3. The summed E-state index contributed by atoms with van der Waals surface area (Å²) < 4.78 is 36.9. The second kappa shape index (κ2) is 6.11. The number of nitrogens with one attached hydrogen (secondary N) is 2. The van der Waals surface area contributed by atoms with Crippen LogP contribution in [0.5, 0.6) is 0 Å². The fourth-order valence-corrected chi connectivity index (χ4v) is 2.90. The van der Waals surface area contributed by atoms with Crippen LogP contribution in [0.2, 0.25) is 0 Å². The summed E-state index contributed by atoms with van der Waals surface area (Å²) in [5.41, 5.74) is 0. The van der Waals surface area contributed by atoms with Gasteiger partial charge in [-0.05, 0) is 38.5 Å². The van der Waals surface area contributed by atoms with E-state index in [0.717, 1.165) is 0 Å². The fraction of sp³-hybridized carbons (Fsp3) is 0.846. The molecule has 2 amide bonds. The lowest BCUT2D eigenvalue weighted by atomic mass is 9.80. The molecule has 0 heterocycles. The van der Waals surface area contributed by atoms with Crippen LogP contribution in [0.1, 0.15) is 38.5 Å². The zero-order valence-electron chi connectivity index (χ0n) is 11.4. The lowest BCUT2D eigenvalue weighted by Crippen LogP contribution is -2.53. The lowest BCUT2D eigenvalue weighted by molar-refractivity contribution is -0.198. The van der Waals surface area contributed by atoms with Crippen molar-refractivity contribution in [2.24, 2.45) is 11.8 Å². The first kappa shape index (κ1) is 15.9. The van der Waals surface area contributed by atoms with Gasteiger partial charge in [0.25, 0.3) is 0 Å². The van der Waals surface area contributed by atoms with Gasteiger partial charge in [-0.25, -0.2) is 4.79 Å². The molecule has 2 rings (SSSR count). The number of aliphatic carboxylic acids is 1. The Kier molecular flexibility index (Phi) is 4.63. The largest absolute Gasteiger partial charge is 0.481 e. The number of amides is 2. The van der Waals surface area contributed by atoms with Crippen LogP contribution in [-0.4, -0.2) is 35.4 Å². The predicted molar refractivity (Wildman–Crippen MR) is 67.6 cm³/mol. The Morgan fingerprint density at radius 2 is 1.48 bits per heavy atom. The van der Waals surface area contributed by atoms with Crippen molar-refractivity contribution >= 4 is 12.0 Å². The number of carbonyl (C=O) groups excluding carboxylic acids is 1. The van der Waals surface area contributed by atoms with Gasteiger partial charge in [-0.1, -0.05) is 0 Å². The van der Waals surface area contributed by atoms with Gasteiger partial charge in [0.1, 0.15) is 0 Å². The molecule has 120 valence electrons. The Balaban J connectivity index is 1.64. The van der Waals surface area contributed by atoms with Crippen molar-refractivity contribution < 1.29 is 27.9 Å². The first-order valence-electron chi connectivity index (χ1n) is 7.12. The van der Waals surface area contributed by atoms with Crippen molar-refractivity contribution in [1.82, 2.24) is 10.6 Å². The SMILES string of the molecule is O=C(NC1CCC(C(=O)O)CC1)NC1CC(C(F)(F)F)C1. The number of alkyl halides is 3. The van der Waals surface area contributed by atoms with Crippen molar-refractivity contribution in [2.75, 3.05) is 0 Å². The van der Waals surface area contributed by atoms with Crippen LogP contribution in [0.15, 0.2) is 0 Å². The number of carboxylic acids is 1. The normalized spacial score (nSPS) is 32.9. The summed E-state index contributed by atoms with van der Waals surface area (Å²) in [4.78, 5) is 22.5. The van der Waals surface area contributed by atoms with E-state index in [9.17, 15) is 22.8 Å². The standard InChI is InChI=1S/C13H19F3N2O3/c14-13(15,16)8-5-10(6-8)18-12(21)17-9-3-1-7(2-4-9)11(19)20/h7-10H,1-6H2,(H,19,20)(H2,17,18,21). The van der Waals surface area contributed by atoms with E-state index in [2.05, 4.69) is 10.6 Å². The first-order chi connectivity index (χ1) is 9.75. The van der Waals surface area contributed by atoms with Crippen LogP contribution < -0.4 is 10.6 Å². The molecule has 0 aromatic carbocycles. The first-order valence-corrected chi connectivity index (χ1v) is 7.12. The highest BCUT2D eigenvalue weighted by Gasteiger charge is 2.48. The summed E-state index contributed by atoms with van der Waals surface area (Å²) in [5.74, 6) is -2.48. The molecule has 5 nitrogen and oxygen atoms in total. The highest BCUT2D eigenvalue weighted by atomic mass is 19.4. The molecule has 2 aliphatic rings. The molecule has 0 radical (unpaired) electrons. The number of hydrogen-bond acceptors (Lipinski definition) is 2. The third kappa shape index (κ3) is 4.25. The van der Waals surface area contributed by atoms with E-state index >= 15 is 0 Å². The van der Waals surface area contributed by atoms with Gasteiger partial charge in [-0.2, -0.15) is 13.2 Å². The quantitative estimate of drug-likeness (QED) is 0.748. The molecule has 0 bridgehead atoms. The monoisotopic (exact) mass is 308 g/mol. The van der Waals surface area contributed by atoms with Crippen LogP contribution >= 0.6 is 0 Å². The van der Waals surface area contributed by atoms with Gasteiger partial charge >= 0.3 is 18.2 Å². The highest BCUT2D eigenvalue weighted by molar-refractivity contribution is 5.75. The average molecular weight is 308 g/mol. The maximum atomic E-state index is 12.3. The molecule has 2 saturated carbocycles. The van der Waals surface area contributed by atoms with Gasteiger partial charge in [0.15, 0.2) is 0 Å². The van der Waals surface area contributed by atoms with E-state index in [0.29, 0.717) is 25.7 Å². The molecule has 0 aliphatic heterocycles. The summed E-state index contributed by atoms with van der Waals surface area (Å²) in [7, 11) is 0. The minimum atomic E-state index is -4.18. The second-order valence-corrected chi connectivity index (χ2v) is 5.91. The van der Waals surface area contributed by atoms with Crippen LogP contribution in [0, 0.1) is 11.8 Å². The Morgan fingerprint density at radius 3 is 1.95 bits per heavy atom. The molecule has 0 atom stereocenters. The van der Waals surface area contributed by atoms with Crippen molar-refractivity contribution in [3.63, 3.8) is 0 Å². The molecule has 2 aliphatic carbocycles. The third-order valence-electron chi connectivity index (χ3n) is 4.35. The summed E-state index contributed by atoms with van der Waals surface area (Å²) >= 11 is 0. The number of urea groups is 1. The Morgan fingerprint density at radius 1 is 0.952 bits per heavy atom. The van der Waals surface area contributed by atoms with Gasteiger partial charge in [0.05, 0.1) is 11.8 Å². The number of carbonyl (C=O) groups is 2. The minimum absolute atomic E-state index is 0.0668. The summed E-state index contributed by atoms with van der Waals surface area (Å²) in [6.07, 6.45) is -2.12. The minimum Gasteiger partial charge on any atom is -0.481 e. The van der Waals surface area contributed by atoms with Crippen LogP contribution in [0.3, 0.4) is 0 Å². The second-order valence-electron chi connectivity index (χ2n) is 5.91. The molecule has 0 aromatic heterocycles.